The van der Waals surface area contributed by atoms with E-state index in [9.17, 15) is 9.90 Å². The summed E-state index contributed by atoms with van der Waals surface area (Å²) >= 11 is 1.37. The van der Waals surface area contributed by atoms with E-state index in [4.69, 9.17) is 0 Å². The average Bonchev–Trinajstić information content (AvgIpc) is 2.99. The van der Waals surface area contributed by atoms with Crippen molar-refractivity contribution in [1.29, 1.82) is 0 Å². The summed E-state index contributed by atoms with van der Waals surface area (Å²) in [6.07, 6.45) is 0.473. The lowest BCUT2D eigenvalue weighted by molar-refractivity contribution is 0.0930. The number of fused-ring (bicyclic) bond motifs is 1. The van der Waals surface area contributed by atoms with Crippen molar-refractivity contribution < 1.29 is 9.90 Å². The Hall–Kier alpha value is -2.24. The molecule has 1 aromatic heterocycles. The van der Waals surface area contributed by atoms with Gasteiger partial charge < -0.3 is 10.4 Å². The first kappa shape index (κ1) is 14.7. The van der Waals surface area contributed by atoms with Gasteiger partial charge in [0.05, 0.1) is 16.3 Å². The average molecular weight is 312 g/mol. The summed E-state index contributed by atoms with van der Waals surface area (Å²) in [5.74, 6) is -0.205. The fraction of sp³-hybridized carbons (Fsp3) is 0.176. The van der Waals surface area contributed by atoms with Crippen LogP contribution in [-0.4, -0.2) is 22.6 Å². The van der Waals surface area contributed by atoms with Gasteiger partial charge in [0.25, 0.3) is 5.91 Å². The van der Waals surface area contributed by atoms with Gasteiger partial charge in [-0.05, 0) is 24.1 Å². The number of aliphatic hydroxyl groups is 1. The first-order valence-corrected chi connectivity index (χ1v) is 7.92. The Balaban J connectivity index is 1.81. The van der Waals surface area contributed by atoms with Gasteiger partial charge in [0, 0.05) is 6.61 Å². The van der Waals surface area contributed by atoms with Crippen LogP contribution in [0.3, 0.4) is 0 Å². The molecule has 0 saturated carbocycles. The molecule has 0 spiro atoms. The van der Waals surface area contributed by atoms with Crippen molar-refractivity contribution >= 4 is 27.5 Å². The van der Waals surface area contributed by atoms with Crippen molar-refractivity contribution in [1.82, 2.24) is 10.3 Å². The van der Waals surface area contributed by atoms with Gasteiger partial charge in [0.1, 0.15) is 0 Å². The molecule has 0 aliphatic carbocycles. The number of carbonyl (C=O) groups excluding carboxylic acids is 1. The lowest BCUT2D eigenvalue weighted by atomic mass is 10.0. The Kier molecular flexibility index (Phi) is 4.46. The number of hydrogen-bond donors (Lipinski definition) is 2. The monoisotopic (exact) mass is 312 g/mol. The maximum absolute atomic E-state index is 12.4. The molecule has 0 aliphatic heterocycles. The highest BCUT2D eigenvalue weighted by atomic mass is 32.1. The molecule has 112 valence electrons. The Morgan fingerprint density at radius 2 is 1.86 bits per heavy atom. The van der Waals surface area contributed by atoms with E-state index >= 15 is 0 Å². The predicted molar refractivity (Wildman–Crippen MR) is 88.0 cm³/mol. The quantitative estimate of drug-likeness (QED) is 0.761. The first-order valence-electron chi connectivity index (χ1n) is 7.10. The van der Waals surface area contributed by atoms with E-state index in [-0.39, 0.29) is 18.6 Å². The Labute approximate surface area is 132 Å². The smallest absolute Gasteiger partial charge is 0.280 e. The molecule has 5 heteroatoms. The maximum atomic E-state index is 12.4. The second-order valence-corrected chi connectivity index (χ2v) is 5.97. The number of thiazole rings is 1. The molecule has 0 aliphatic rings. The lowest BCUT2D eigenvalue weighted by Crippen LogP contribution is -2.29. The summed E-state index contributed by atoms with van der Waals surface area (Å²) in [5.41, 5.74) is 1.81. The summed E-state index contributed by atoms with van der Waals surface area (Å²) in [6, 6.07) is 17.1. The molecule has 2 N–H and O–H groups in total. The molecule has 0 radical (unpaired) electrons. The molecule has 0 bridgehead atoms. The summed E-state index contributed by atoms with van der Waals surface area (Å²) < 4.78 is 0.992. The van der Waals surface area contributed by atoms with Gasteiger partial charge in [0.15, 0.2) is 5.01 Å². The second kappa shape index (κ2) is 6.68. The molecule has 0 saturated heterocycles. The fourth-order valence-electron chi connectivity index (χ4n) is 2.33. The van der Waals surface area contributed by atoms with Gasteiger partial charge in [-0.15, -0.1) is 11.3 Å². The van der Waals surface area contributed by atoms with E-state index in [0.717, 1.165) is 15.8 Å². The van der Waals surface area contributed by atoms with Gasteiger partial charge >= 0.3 is 0 Å². The molecule has 0 fully saturated rings. The van der Waals surface area contributed by atoms with Gasteiger partial charge in [-0.1, -0.05) is 42.5 Å². The number of nitrogens with zero attached hydrogens (tertiary/aromatic N) is 1. The van der Waals surface area contributed by atoms with Crippen LogP contribution >= 0.6 is 11.3 Å². The Morgan fingerprint density at radius 1 is 1.14 bits per heavy atom. The van der Waals surface area contributed by atoms with Gasteiger partial charge in [-0.3, -0.25) is 4.79 Å². The fourth-order valence-corrected chi connectivity index (χ4v) is 3.19. The van der Waals surface area contributed by atoms with E-state index in [1.807, 2.05) is 54.6 Å². The van der Waals surface area contributed by atoms with E-state index in [1.54, 1.807) is 0 Å². The zero-order chi connectivity index (χ0) is 15.4. The van der Waals surface area contributed by atoms with Crippen LogP contribution in [0.25, 0.3) is 10.2 Å². The molecule has 3 rings (SSSR count). The normalized spacial score (nSPS) is 12.2. The molecular formula is C17H16N2O2S. The standard InChI is InChI=1S/C17H16N2O2S/c20-11-10-13(12-6-2-1-3-7-12)18-16(21)17-19-14-8-4-5-9-15(14)22-17/h1-9,13,20H,10-11H2,(H,18,21). The van der Waals surface area contributed by atoms with Crippen LogP contribution in [0.2, 0.25) is 0 Å². The number of nitrogens with one attached hydrogen (secondary N) is 1. The highest BCUT2D eigenvalue weighted by Gasteiger charge is 2.18. The van der Waals surface area contributed by atoms with Crippen LogP contribution in [0.4, 0.5) is 0 Å². The van der Waals surface area contributed by atoms with E-state index in [0.29, 0.717) is 11.4 Å². The Morgan fingerprint density at radius 3 is 2.59 bits per heavy atom. The van der Waals surface area contributed by atoms with Crippen LogP contribution < -0.4 is 5.32 Å². The van der Waals surface area contributed by atoms with Crippen molar-refractivity contribution in [2.45, 2.75) is 12.5 Å². The number of hydrogen-bond acceptors (Lipinski definition) is 4. The number of carbonyl (C=O) groups is 1. The molecular weight excluding hydrogens is 296 g/mol. The van der Waals surface area contributed by atoms with Crippen molar-refractivity contribution in [2.75, 3.05) is 6.61 Å². The third-order valence-electron chi connectivity index (χ3n) is 3.41. The minimum Gasteiger partial charge on any atom is -0.396 e. The number of aliphatic hydroxyl groups excluding tert-OH is 1. The van der Waals surface area contributed by atoms with Crippen LogP contribution in [0.1, 0.15) is 27.8 Å². The van der Waals surface area contributed by atoms with E-state index in [2.05, 4.69) is 10.3 Å². The molecule has 1 heterocycles. The van der Waals surface area contributed by atoms with Crippen molar-refractivity contribution in [3.63, 3.8) is 0 Å². The number of para-hydroxylation sites is 1. The maximum Gasteiger partial charge on any atom is 0.280 e. The number of rotatable bonds is 5. The molecule has 1 amide bonds. The third-order valence-corrected chi connectivity index (χ3v) is 4.45. The zero-order valence-electron chi connectivity index (χ0n) is 11.9. The summed E-state index contributed by atoms with van der Waals surface area (Å²) in [4.78, 5) is 16.8. The lowest BCUT2D eigenvalue weighted by Gasteiger charge is -2.17. The second-order valence-electron chi connectivity index (χ2n) is 4.94. The Bertz CT molecular complexity index is 737. The molecule has 22 heavy (non-hydrogen) atoms. The molecule has 1 atom stereocenters. The molecule has 4 nitrogen and oxygen atoms in total. The SMILES string of the molecule is O=C(NC(CCO)c1ccccc1)c1nc2ccccc2s1. The van der Waals surface area contributed by atoms with Gasteiger partial charge in [-0.25, -0.2) is 4.98 Å². The van der Waals surface area contributed by atoms with Crippen molar-refractivity contribution in [3.8, 4) is 0 Å². The molecule has 1 unspecified atom stereocenters. The minimum absolute atomic E-state index is 0.0136. The van der Waals surface area contributed by atoms with E-state index < -0.39 is 0 Å². The first-order chi connectivity index (χ1) is 10.8. The minimum atomic E-state index is -0.217. The van der Waals surface area contributed by atoms with Crippen LogP contribution in [0, 0.1) is 0 Å². The number of aromatic nitrogens is 1. The largest absolute Gasteiger partial charge is 0.396 e. The molecule has 2 aromatic carbocycles. The van der Waals surface area contributed by atoms with Crippen LogP contribution in [0.15, 0.2) is 54.6 Å². The van der Waals surface area contributed by atoms with Crippen LogP contribution in [-0.2, 0) is 0 Å². The van der Waals surface area contributed by atoms with Crippen molar-refractivity contribution in [2.24, 2.45) is 0 Å². The topological polar surface area (TPSA) is 62.2 Å². The zero-order valence-corrected chi connectivity index (χ0v) is 12.7. The highest BCUT2D eigenvalue weighted by Crippen LogP contribution is 2.23. The number of amides is 1. The predicted octanol–water partition coefficient (Wildman–Crippen LogP) is 3.15. The van der Waals surface area contributed by atoms with Crippen molar-refractivity contribution in [3.05, 3.63) is 65.2 Å². The van der Waals surface area contributed by atoms with Gasteiger partial charge in [-0.2, -0.15) is 0 Å². The summed E-state index contributed by atoms with van der Waals surface area (Å²) in [7, 11) is 0. The highest BCUT2D eigenvalue weighted by molar-refractivity contribution is 7.20. The molecule has 3 aromatic rings. The third kappa shape index (κ3) is 3.16. The van der Waals surface area contributed by atoms with Gasteiger partial charge in [0.2, 0.25) is 0 Å². The summed E-state index contributed by atoms with van der Waals surface area (Å²) in [6.45, 7) is 0.0136. The van der Waals surface area contributed by atoms with E-state index in [1.165, 1.54) is 11.3 Å². The summed E-state index contributed by atoms with van der Waals surface area (Å²) in [5, 5.41) is 12.6. The number of benzene rings is 2. The van der Waals surface area contributed by atoms with Crippen LogP contribution in [0.5, 0.6) is 0 Å².